The topological polar surface area (TPSA) is 68.5 Å². The molecule has 6 heteroatoms. The van der Waals surface area contributed by atoms with Crippen LogP contribution in [0.15, 0.2) is 88.2 Å². The van der Waals surface area contributed by atoms with Gasteiger partial charge in [-0.15, -0.1) is 0 Å². The highest BCUT2D eigenvalue weighted by atomic mass is 32.2. The molecule has 5 rings (SSSR count). The Kier molecular flexibility index (Phi) is 3.96. The number of para-hydroxylation sites is 1. The van der Waals surface area contributed by atoms with Crippen molar-refractivity contribution in [1.82, 2.24) is 0 Å². The first-order valence-corrected chi connectivity index (χ1v) is 10.5. The van der Waals surface area contributed by atoms with Gasteiger partial charge in [-0.3, -0.25) is 4.72 Å². The molecule has 0 radical (unpaired) electrons. The summed E-state index contributed by atoms with van der Waals surface area (Å²) in [7, 11) is -2.30. The number of benzene rings is 4. The first-order chi connectivity index (χ1) is 14.0. The van der Waals surface area contributed by atoms with Gasteiger partial charge in [-0.1, -0.05) is 48.5 Å². The van der Waals surface area contributed by atoms with Crippen molar-refractivity contribution in [2.45, 2.75) is 4.90 Å². The van der Waals surface area contributed by atoms with Crippen LogP contribution in [0.1, 0.15) is 0 Å². The molecule has 4 aromatic carbocycles. The Hall–Kier alpha value is -3.51. The highest BCUT2D eigenvalue weighted by Crippen LogP contribution is 2.37. The smallest absolute Gasteiger partial charge is 0.262 e. The fraction of sp³-hybridized carbons (Fsp3) is 0.0435. The van der Waals surface area contributed by atoms with Crippen LogP contribution in [-0.4, -0.2) is 15.5 Å². The minimum atomic E-state index is -3.81. The molecule has 0 saturated heterocycles. The summed E-state index contributed by atoms with van der Waals surface area (Å²) in [4.78, 5) is 0.183. The number of rotatable bonds is 4. The van der Waals surface area contributed by atoms with Crippen molar-refractivity contribution in [2.24, 2.45) is 0 Å². The van der Waals surface area contributed by atoms with Gasteiger partial charge in [-0.2, -0.15) is 0 Å². The normalized spacial score (nSPS) is 11.9. The van der Waals surface area contributed by atoms with E-state index in [1.807, 2.05) is 48.5 Å². The molecule has 144 valence electrons. The maximum absolute atomic E-state index is 13.0. The standard InChI is InChI=1S/C23H17NO4S/c1-27-23-13-19-18-8-4-5-9-21(18)28-22(19)14-20(23)24-29(25,26)17-11-10-15-6-2-3-7-16(15)12-17/h2-14,24H,1H3. The van der Waals surface area contributed by atoms with E-state index in [0.29, 0.717) is 17.0 Å². The first kappa shape index (κ1) is 17.6. The van der Waals surface area contributed by atoms with Crippen molar-refractivity contribution in [3.63, 3.8) is 0 Å². The summed E-state index contributed by atoms with van der Waals surface area (Å²) in [6.45, 7) is 0. The number of furan rings is 1. The number of anilines is 1. The van der Waals surface area contributed by atoms with E-state index in [4.69, 9.17) is 9.15 Å². The van der Waals surface area contributed by atoms with E-state index in [-0.39, 0.29) is 4.90 Å². The zero-order valence-electron chi connectivity index (χ0n) is 15.5. The zero-order chi connectivity index (χ0) is 20.0. The van der Waals surface area contributed by atoms with Gasteiger partial charge in [0, 0.05) is 16.8 Å². The zero-order valence-corrected chi connectivity index (χ0v) is 16.4. The summed E-state index contributed by atoms with van der Waals surface area (Å²) < 4.78 is 40.0. The molecule has 5 nitrogen and oxygen atoms in total. The molecule has 0 saturated carbocycles. The van der Waals surface area contributed by atoms with Crippen molar-refractivity contribution in [3.8, 4) is 5.75 Å². The second kappa shape index (κ2) is 6.53. The Morgan fingerprint density at radius 3 is 2.38 bits per heavy atom. The van der Waals surface area contributed by atoms with Crippen LogP contribution in [0.2, 0.25) is 0 Å². The first-order valence-electron chi connectivity index (χ1n) is 9.06. The molecule has 0 bridgehead atoms. The van der Waals surface area contributed by atoms with Gasteiger partial charge in [0.05, 0.1) is 17.7 Å². The SMILES string of the molecule is COc1cc2c(cc1NS(=O)(=O)c1ccc3ccccc3c1)oc1ccccc12. The number of nitrogens with one attached hydrogen (secondary N) is 1. The predicted octanol–water partition coefficient (Wildman–Crippen LogP) is 5.55. The molecule has 1 heterocycles. The molecule has 0 aliphatic heterocycles. The van der Waals surface area contributed by atoms with Crippen molar-refractivity contribution in [2.75, 3.05) is 11.8 Å². The van der Waals surface area contributed by atoms with Crippen LogP contribution in [0.5, 0.6) is 5.75 Å². The van der Waals surface area contributed by atoms with E-state index in [0.717, 1.165) is 27.1 Å². The number of fused-ring (bicyclic) bond motifs is 4. The second-order valence-corrected chi connectivity index (χ2v) is 8.44. The number of methoxy groups -OCH3 is 1. The summed E-state index contributed by atoms with van der Waals surface area (Å²) in [5.41, 5.74) is 1.65. The molecule has 0 fully saturated rings. The van der Waals surface area contributed by atoms with Crippen LogP contribution < -0.4 is 9.46 Å². The Morgan fingerprint density at radius 1 is 0.793 bits per heavy atom. The van der Waals surface area contributed by atoms with Crippen LogP contribution in [-0.2, 0) is 10.0 Å². The van der Waals surface area contributed by atoms with Gasteiger partial charge in [-0.25, -0.2) is 8.42 Å². The molecular weight excluding hydrogens is 386 g/mol. The Labute approximate surface area is 167 Å². The highest BCUT2D eigenvalue weighted by molar-refractivity contribution is 7.92. The van der Waals surface area contributed by atoms with Crippen molar-refractivity contribution < 1.29 is 17.6 Å². The van der Waals surface area contributed by atoms with E-state index in [1.54, 1.807) is 30.3 Å². The van der Waals surface area contributed by atoms with Gasteiger partial charge in [0.2, 0.25) is 0 Å². The number of hydrogen-bond donors (Lipinski definition) is 1. The predicted molar refractivity (Wildman–Crippen MR) is 115 cm³/mol. The lowest BCUT2D eigenvalue weighted by Crippen LogP contribution is -2.13. The summed E-state index contributed by atoms with van der Waals surface area (Å²) >= 11 is 0. The van der Waals surface area contributed by atoms with Gasteiger partial charge in [0.15, 0.2) is 0 Å². The van der Waals surface area contributed by atoms with Crippen LogP contribution >= 0.6 is 0 Å². The minimum Gasteiger partial charge on any atom is -0.495 e. The largest absolute Gasteiger partial charge is 0.495 e. The summed E-state index contributed by atoms with van der Waals surface area (Å²) in [6, 6.07) is 23.8. The fourth-order valence-corrected chi connectivity index (χ4v) is 4.63. The van der Waals surface area contributed by atoms with Crippen LogP contribution in [0.25, 0.3) is 32.7 Å². The average molecular weight is 403 g/mol. The average Bonchev–Trinajstić information content (AvgIpc) is 3.09. The molecule has 1 aromatic heterocycles. The molecule has 1 N–H and O–H groups in total. The van der Waals surface area contributed by atoms with E-state index in [1.165, 1.54) is 7.11 Å². The minimum absolute atomic E-state index is 0.183. The highest BCUT2D eigenvalue weighted by Gasteiger charge is 2.19. The summed E-state index contributed by atoms with van der Waals surface area (Å²) in [6.07, 6.45) is 0. The fourth-order valence-electron chi connectivity index (χ4n) is 3.54. The molecule has 0 spiro atoms. The van der Waals surface area contributed by atoms with E-state index in [9.17, 15) is 8.42 Å². The third-order valence-corrected chi connectivity index (χ3v) is 6.34. The monoisotopic (exact) mass is 403 g/mol. The Balaban J connectivity index is 1.61. The lowest BCUT2D eigenvalue weighted by molar-refractivity contribution is 0.417. The van der Waals surface area contributed by atoms with Gasteiger partial charge in [0.25, 0.3) is 10.0 Å². The lowest BCUT2D eigenvalue weighted by Gasteiger charge is -2.12. The molecular formula is C23H17NO4S. The molecule has 0 atom stereocenters. The molecule has 5 aromatic rings. The molecule has 0 amide bonds. The molecule has 29 heavy (non-hydrogen) atoms. The second-order valence-electron chi connectivity index (χ2n) is 6.76. The lowest BCUT2D eigenvalue weighted by atomic mass is 10.1. The van der Waals surface area contributed by atoms with E-state index < -0.39 is 10.0 Å². The van der Waals surface area contributed by atoms with Crippen molar-refractivity contribution >= 4 is 48.4 Å². The van der Waals surface area contributed by atoms with Gasteiger partial charge in [0.1, 0.15) is 16.9 Å². The van der Waals surface area contributed by atoms with E-state index in [2.05, 4.69) is 4.72 Å². The number of sulfonamides is 1. The summed E-state index contributed by atoms with van der Waals surface area (Å²) in [5, 5.41) is 3.65. The van der Waals surface area contributed by atoms with Crippen LogP contribution in [0, 0.1) is 0 Å². The maximum atomic E-state index is 13.0. The molecule has 0 aliphatic rings. The Bertz CT molecular complexity index is 1490. The van der Waals surface area contributed by atoms with Gasteiger partial charge < -0.3 is 9.15 Å². The summed E-state index contributed by atoms with van der Waals surface area (Å²) in [5.74, 6) is 0.424. The molecule has 0 aliphatic carbocycles. The van der Waals surface area contributed by atoms with Crippen molar-refractivity contribution in [3.05, 3.63) is 78.9 Å². The van der Waals surface area contributed by atoms with Gasteiger partial charge in [-0.05, 0) is 35.0 Å². The number of ether oxygens (including phenoxy) is 1. The quantitative estimate of drug-likeness (QED) is 0.427. The molecule has 0 unspecified atom stereocenters. The van der Waals surface area contributed by atoms with Crippen LogP contribution in [0.4, 0.5) is 5.69 Å². The number of hydrogen-bond acceptors (Lipinski definition) is 4. The van der Waals surface area contributed by atoms with Crippen molar-refractivity contribution in [1.29, 1.82) is 0 Å². The third kappa shape index (κ3) is 2.98. The van der Waals surface area contributed by atoms with Crippen LogP contribution in [0.3, 0.4) is 0 Å². The Morgan fingerprint density at radius 2 is 1.55 bits per heavy atom. The maximum Gasteiger partial charge on any atom is 0.262 e. The van der Waals surface area contributed by atoms with Gasteiger partial charge >= 0.3 is 0 Å². The van der Waals surface area contributed by atoms with E-state index >= 15 is 0 Å². The third-order valence-electron chi connectivity index (χ3n) is 4.97.